The van der Waals surface area contributed by atoms with Crippen LogP contribution >= 0.6 is 31.9 Å². The molecule has 0 bridgehead atoms. The van der Waals surface area contributed by atoms with E-state index in [1.165, 1.54) is 11.1 Å². The van der Waals surface area contributed by atoms with E-state index >= 15 is 0 Å². The van der Waals surface area contributed by atoms with Crippen LogP contribution in [0.4, 0.5) is 5.69 Å². The second-order valence-electron chi connectivity index (χ2n) is 4.92. The first-order valence-electron chi connectivity index (χ1n) is 6.56. The van der Waals surface area contributed by atoms with Crippen molar-refractivity contribution in [3.63, 3.8) is 0 Å². The first-order valence-corrected chi connectivity index (χ1v) is 8.14. The molecule has 4 heteroatoms. The Bertz CT molecular complexity index is 642. The van der Waals surface area contributed by atoms with Crippen molar-refractivity contribution in [2.75, 3.05) is 12.4 Å². The minimum atomic E-state index is 0.348. The number of anilines is 1. The van der Waals surface area contributed by atoms with E-state index in [1.54, 1.807) is 7.11 Å². The van der Waals surface area contributed by atoms with Gasteiger partial charge in [0.2, 0.25) is 0 Å². The van der Waals surface area contributed by atoms with Crippen molar-refractivity contribution >= 4 is 37.5 Å². The maximum atomic E-state index is 5.43. The van der Waals surface area contributed by atoms with Crippen LogP contribution in [0.2, 0.25) is 0 Å². The second kappa shape index (κ2) is 5.78. The third-order valence-corrected chi connectivity index (χ3v) is 4.66. The van der Waals surface area contributed by atoms with E-state index in [2.05, 4.69) is 61.4 Å². The number of hydrogen-bond donors (Lipinski definition) is 1. The normalized spacial score (nSPS) is 16.9. The summed E-state index contributed by atoms with van der Waals surface area (Å²) >= 11 is 7.05. The number of rotatable bonds is 3. The van der Waals surface area contributed by atoms with Gasteiger partial charge in [0.15, 0.2) is 0 Å². The Morgan fingerprint density at radius 2 is 1.85 bits per heavy atom. The summed E-state index contributed by atoms with van der Waals surface area (Å²) in [6.45, 7) is 0. The molecule has 0 amide bonds. The van der Waals surface area contributed by atoms with Crippen molar-refractivity contribution in [2.24, 2.45) is 0 Å². The summed E-state index contributed by atoms with van der Waals surface area (Å²) in [4.78, 5) is 0. The predicted octanol–water partition coefficient (Wildman–Crippen LogP) is 5.32. The standard InChI is InChI=1S/C16H15Br2NO/c1-20-16-7-4-12(18)9-15(16)19-14-6-2-10-8-11(17)3-5-13(10)14/h3-5,7-9,14,19H,2,6H2,1H3. The molecule has 1 N–H and O–H groups in total. The van der Waals surface area contributed by atoms with Crippen LogP contribution < -0.4 is 10.1 Å². The lowest BCUT2D eigenvalue weighted by Crippen LogP contribution is -2.08. The zero-order chi connectivity index (χ0) is 14.1. The van der Waals surface area contributed by atoms with Crippen LogP contribution in [0, 0.1) is 0 Å². The molecule has 2 aromatic rings. The maximum Gasteiger partial charge on any atom is 0.142 e. The zero-order valence-corrected chi connectivity index (χ0v) is 14.3. The Hall–Kier alpha value is -1.00. The van der Waals surface area contributed by atoms with Crippen molar-refractivity contribution in [1.29, 1.82) is 0 Å². The van der Waals surface area contributed by atoms with Crippen molar-refractivity contribution in [2.45, 2.75) is 18.9 Å². The van der Waals surface area contributed by atoms with Crippen molar-refractivity contribution in [3.05, 3.63) is 56.5 Å². The second-order valence-corrected chi connectivity index (χ2v) is 6.75. The van der Waals surface area contributed by atoms with Crippen LogP contribution in [0.15, 0.2) is 45.3 Å². The highest BCUT2D eigenvalue weighted by Crippen LogP contribution is 2.38. The molecule has 20 heavy (non-hydrogen) atoms. The molecule has 1 unspecified atom stereocenters. The number of hydrogen-bond acceptors (Lipinski definition) is 2. The Balaban J connectivity index is 1.89. The van der Waals surface area contributed by atoms with Gasteiger partial charge in [-0.25, -0.2) is 0 Å². The van der Waals surface area contributed by atoms with Gasteiger partial charge in [-0.05, 0) is 54.3 Å². The van der Waals surface area contributed by atoms with Crippen LogP contribution in [0.5, 0.6) is 5.75 Å². The van der Waals surface area contributed by atoms with E-state index in [1.807, 2.05) is 12.1 Å². The molecule has 0 spiro atoms. The summed E-state index contributed by atoms with van der Waals surface area (Å²) < 4.78 is 7.63. The average Bonchev–Trinajstić information content (AvgIpc) is 2.81. The van der Waals surface area contributed by atoms with Gasteiger partial charge in [0.25, 0.3) is 0 Å². The zero-order valence-electron chi connectivity index (χ0n) is 11.1. The van der Waals surface area contributed by atoms with E-state index in [9.17, 15) is 0 Å². The quantitative estimate of drug-likeness (QED) is 0.757. The molecule has 1 aliphatic carbocycles. The Labute approximate surface area is 135 Å². The lowest BCUT2D eigenvalue weighted by atomic mass is 10.1. The number of methoxy groups -OCH3 is 1. The third-order valence-electron chi connectivity index (χ3n) is 3.67. The van der Waals surface area contributed by atoms with Crippen LogP contribution in [0.1, 0.15) is 23.6 Å². The Morgan fingerprint density at radius 3 is 2.65 bits per heavy atom. The summed E-state index contributed by atoms with van der Waals surface area (Å²) in [6, 6.07) is 12.9. The number of ether oxygens (including phenoxy) is 1. The monoisotopic (exact) mass is 395 g/mol. The number of aryl methyl sites for hydroxylation is 1. The van der Waals surface area contributed by atoms with Gasteiger partial charge in [-0.1, -0.05) is 37.9 Å². The fourth-order valence-electron chi connectivity index (χ4n) is 2.72. The molecule has 0 aromatic heterocycles. The molecule has 104 valence electrons. The molecule has 0 saturated carbocycles. The topological polar surface area (TPSA) is 21.3 Å². The third kappa shape index (κ3) is 2.72. The van der Waals surface area contributed by atoms with Gasteiger partial charge in [0.05, 0.1) is 18.8 Å². The summed E-state index contributed by atoms with van der Waals surface area (Å²) in [5.74, 6) is 0.874. The molecular weight excluding hydrogens is 382 g/mol. The molecule has 1 atom stereocenters. The van der Waals surface area contributed by atoms with Gasteiger partial charge >= 0.3 is 0 Å². The predicted molar refractivity (Wildman–Crippen MR) is 89.5 cm³/mol. The number of benzene rings is 2. The van der Waals surface area contributed by atoms with Gasteiger partial charge in [0, 0.05) is 8.95 Å². The molecule has 1 aliphatic rings. The SMILES string of the molecule is COc1ccc(Br)cc1NC1CCc2cc(Br)ccc21. The van der Waals surface area contributed by atoms with Crippen molar-refractivity contribution in [3.8, 4) is 5.75 Å². The average molecular weight is 397 g/mol. The minimum Gasteiger partial charge on any atom is -0.495 e. The van der Waals surface area contributed by atoms with Crippen LogP contribution in [-0.4, -0.2) is 7.11 Å². The molecule has 0 heterocycles. The van der Waals surface area contributed by atoms with E-state index in [-0.39, 0.29) is 0 Å². The maximum absolute atomic E-state index is 5.43. The molecule has 0 aliphatic heterocycles. The molecule has 0 fully saturated rings. The van der Waals surface area contributed by atoms with Gasteiger partial charge < -0.3 is 10.1 Å². The van der Waals surface area contributed by atoms with E-state index in [0.29, 0.717) is 6.04 Å². The number of nitrogens with one attached hydrogen (secondary N) is 1. The minimum absolute atomic E-state index is 0.348. The summed E-state index contributed by atoms with van der Waals surface area (Å²) in [7, 11) is 1.70. The van der Waals surface area contributed by atoms with Crippen molar-refractivity contribution in [1.82, 2.24) is 0 Å². The lowest BCUT2D eigenvalue weighted by molar-refractivity contribution is 0.416. The summed E-state index contributed by atoms with van der Waals surface area (Å²) in [5, 5.41) is 3.61. The van der Waals surface area contributed by atoms with Gasteiger partial charge in [-0.3, -0.25) is 0 Å². The lowest BCUT2D eigenvalue weighted by Gasteiger charge is -2.18. The molecular formula is C16H15Br2NO. The van der Waals surface area contributed by atoms with Gasteiger partial charge in [-0.2, -0.15) is 0 Å². The molecule has 3 rings (SSSR count). The fraction of sp³-hybridized carbons (Fsp3) is 0.250. The van der Waals surface area contributed by atoms with Gasteiger partial charge in [0.1, 0.15) is 5.75 Å². The summed E-state index contributed by atoms with van der Waals surface area (Å²) in [6.07, 6.45) is 2.23. The van der Waals surface area contributed by atoms with E-state index in [0.717, 1.165) is 33.2 Å². The van der Waals surface area contributed by atoms with Crippen LogP contribution in [0.3, 0.4) is 0 Å². The van der Waals surface area contributed by atoms with Crippen LogP contribution in [0.25, 0.3) is 0 Å². The Morgan fingerprint density at radius 1 is 1.10 bits per heavy atom. The molecule has 0 saturated heterocycles. The molecule has 2 aromatic carbocycles. The first kappa shape index (κ1) is 14.0. The first-order chi connectivity index (χ1) is 9.67. The van der Waals surface area contributed by atoms with Crippen LogP contribution in [-0.2, 0) is 6.42 Å². The summed E-state index contributed by atoms with van der Waals surface area (Å²) in [5.41, 5.74) is 3.84. The largest absolute Gasteiger partial charge is 0.495 e. The van der Waals surface area contributed by atoms with E-state index < -0.39 is 0 Å². The van der Waals surface area contributed by atoms with Gasteiger partial charge in [-0.15, -0.1) is 0 Å². The highest BCUT2D eigenvalue weighted by Gasteiger charge is 2.23. The number of halogens is 2. The highest BCUT2D eigenvalue weighted by atomic mass is 79.9. The Kier molecular flexibility index (Phi) is 4.03. The molecule has 0 radical (unpaired) electrons. The fourth-order valence-corrected chi connectivity index (χ4v) is 3.49. The van der Waals surface area contributed by atoms with Crippen molar-refractivity contribution < 1.29 is 4.74 Å². The highest BCUT2D eigenvalue weighted by molar-refractivity contribution is 9.10. The molecule has 2 nitrogen and oxygen atoms in total. The smallest absolute Gasteiger partial charge is 0.142 e. The number of fused-ring (bicyclic) bond motifs is 1. The van der Waals surface area contributed by atoms with E-state index in [4.69, 9.17) is 4.74 Å².